The Balaban J connectivity index is 2.27. The molecule has 4 heteroatoms. The van der Waals surface area contributed by atoms with Crippen LogP contribution in [0.3, 0.4) is 0 Å². The zero-order valence-corrected chi connectivity index (χ0v) is 10.6. The van der Waals surface area contributed by atoms with E-state index in [1.54, 1.807) is 13.4 Å². The summed E-state index contributed by atoms with van der Waals surface area (Å²) in [5.74, 6) is 0.930. The molecule has 1 unspecified atom stereocenters. The van der Waals surface area contributed by atoms with E-state index in [-0.39, 0.29) is 11.6 Å². The van der Waals surface area contributed by atoms with Crippen molar-refractivity contribution in [2.75, 3.05) is 14.2 Å². The molecule has 0 spiro atoms. The number of hydrogen-bond acceptors (Lipinski definition) is 3. The van der Waals surface area contributed by atoms with E-state index in [1.807, 2.05) is 13.1 Å². The van der Waals surface area contributed by atoms with Crippen molar-refractivity contribution in [2.24, 2.45) is 0 Å². The van der Waals surface area contributed by atoms with Gasteiger partial charge in [0.05, 0.1) is 22.4 Å². The molecule has 0 bridgehead atoms. The molecule has 1 heterocycles. The van der Waals surface area contributed by atoms with Gasteiger partial charge in [-0.1, -0.05) is 0 Å². The van der Waals surface area contributed by atoms with Crippen LogP contribution in [0.2, 0.25) is 0 Å². The van der Waals surface area contributed by atoms with Crippen LogP contribution in [0, 0.1) is 0 Å². The Morgan fingerprint density at radius 1 is 1.60 bits per heavy atom. The van der Waals surface area contributed by atoms with E-state index in [0.717, 1.165) is 23.1 Å². The normalized spacial score (nSPS) is 21.0. The maximum atomic E-state index is 5.66. The molecular formula is C11H16BrNO2. The van der Waals surface area contributed by atoms with E-state index in [9.17, 15) is 0 Å². The van der Waals surface area contributed by atoms with Gasteiger partial charge in [-0.25, -0.2) is 0 Å². The van der Waals surface area contributed by atoms with Gasteiger partial charge in [-0.2, -0.15) is 0 Å². The standard InChI is InChI=1S/C11H16BrNO2/c1-13-10(9-8(12)4-7-15-9)11(14-2)5-3-6-11/h4,7,10,13H,3,5-6H2,1-2H3. The third kappa shape index (κ3) is 1.75. The Bertz CT molecular complexity index is 328. The van der Waals surface area contributed by atoms with Gasteiger partial charge in [-0.05, 0) is 48.3 Å². The number of furan rings is 1. The highest BCUT2D eigenvalue weighted by Crippen LogP contribution is 2.46. The fourth-order valence-electron chi connectivity index (χ4n) is 2.28. The lowest BCUT2D eigenvalue weighted by Gasteiger charge is -2.45. The summed E-state index contributed by atoms with van der Waals surface area (Å²) in [6.07, 6.45) is 5.10. The van der Waals surface area contributed by atoms with E-state index in [4.69, 9.17) is 9.15 Å². The van der Waals surface area contributed by atoms with E-state index in [2.05, 4.69) is 21.2 Å². The molecule has 1 aliphatic carbocycles. The smallest absolute Gasteiger partial charge is 0.137 e. The van der Waals surface area contributed by atoms with E-state index in [1.165, 1.54) is 6.42 Å². The van der Waals surface area contributed by atoms with E-state index < -0.39 is 0 Å². The number of ether oxygens (including phenoxy) is 1. The Kier molecular flexibility index (Phi) is 3.19. The molecule has 15 heavy (non-hydrogen) atoms. The number of rotatable bonds is 4. The Labute approximate surface area is 98.3 Å². The quantitative estimate of drug-likeness (QED) is 0.916. The highest BCUT2D eigenvalue weighted by molar-refractivity contribution is 9.10. The highest BCUT2D eigenvalue weighted by atomic mass is 79.9. The fourth-order valence-corrected chi connectivity index (χ4v) is 2.71. The van der Waals surface area contributed by atoms with Crippen molar-refractivity contribution >= 4 is 15.9 Å². The van der Waals surface area contributed by atoms with Crippen molar-refractivity contribution in [3.05, 3.63) is 22.6 Å². The van der Waals surface area contributed by atoms with Crippen molar-refractivity contribution < 1.29 is 9.15 Å². The van der Waals surface area contributed by atoms with Crippen LogP contribution in [0.1, 0.15) is 31.1 Å². The second kappa shape index (κ2) is 4.28. The SMILES string of the molecule is CNC(c1occc1Br)C1(OC)CCC1. The minimum absolute atomic E-state index is 0.0882. The summed E-state index contributed by atoms with van der Waals surface area (Å²) in [6, 6.07) is 2.04. The van der Waals surface area contributed by atoms with Crippen molar-refractivity contribution in [1.29, 1.82) is 0 Å². The van der Waals surface area contributed by atoms with Gasteiger partial charge in [0.25, 0.3) is 0 Å². The van der Waals surface area contributed by atoms with Gasteiger partial charge >= 0.3 is 0 Å². The first-order chi connectivity index (χ1) is 7.23. The maximum absolute atomic E-state index is 5.66. The Morgan fingerprint density at radius 2 is 2.33 bits per heavy atom. The molecule has 1 N–H and O–H groups in total. The lowest BCUT2D eigenvalue weighted by atomic mass is 9.73. The van der Waals surface area contributed by atoms with Gasteiger partial charge in [0.15, 0.2) is 0 Å². The van der Waals surface area contributed by atoms with Crippen molar-refractivity contribution in [3.63, 3.8) is 0 Å². The van der Waals surface area contributed by atoms with Gasteiger partial charge in [0.2, 0.25) is 0 Å². The zero-order valence-electron chi connectivity index (χ0n) is 9.05. The second-order valence-corrected chi connectivity index (χ2v) is 4.83. The largest absolute Gasteiger partial charge is 0.466 e. The zero-order chi connectivity index (χ0) is 10.9. The van der Waals surface area contributed by atoms with Crippen LogP contribution >= 0.6 is 15.9 Å². The van der Waals surface area contributed by atoms with Gasteiger partial charge in [-0.3, -0.25) is 0 Å². The average molecular weight is 274 g/mol. The number of hydrogen-bond donors (Lipinski definition) is 1. The van der Waals surface area contributed by atoms with Crippen LogP contribution in [-0.4, -0.2) is 19.8 Å². The van der Waals surface area contributed by atoms with E-state index >= 15 is 0 Å². The number of halogens is 1. The molecule has 84 valence electrons. The molecule has 1 aromatic heterocycles. The summed E-state index contributed by atoms with van der Waals surface area (Å²) >= 11 is 3.49. The molecule has 1 fully saturated rings. The minimum Gasteiger partial charge on any atom is -0.466 e. The van der Waals surface area contributed by atoms with Gasteiger partial charge in [0.1, 0.15) is 5.76 Å². The number of likely N-dealkylation sites (N-methyl/N-ethyl adjacent to an activating group) is 1. The molecule has 2 rings (SSSR count). The summed E-state index contributed by atoms with van der Waals surface area (Å²) in [7, 11) is 3.72. The predicted octanol–water partition coefficient (Wildman–Crippen LogP) is 2.87. The summed E-state index contributed by atoms with van der Waals surface area (Å²) < 4.78 is 12.2. The molecule has 1 aromatic rings. The Morgan fingerprint density at radius 3 is 2.67 bits per heavy atom. The molecule has 3 nitrogen and oxygen atoms in total. The van der Waals surface area contributed by atoms with Gasteiger partial charge in [-0.15, -0.1) is 0 Å². The van der Waals surface area contributed by atoms with Crippen molar-refractivity contribution in [3.8, 4) is 0 Å². The van der Waals surface area contributed by atoms with Crippen LogP contribution in [0.15, 0.2) is 21.2 Å². The summed E-state index contributed by atoms with van der Waals surface area (Å²) in [4.78, 5) is 0. The molecule has 1 aliphatic rings. The maximum Gasteiger partial charge on any atom is 0.137 e. The third-order valence-corrected chi connectivity index (χ3v) is 3.98. The number of nitrogens with one attached hydrogen (secondary N) is 1. The van der Waals surface area contributed by atoms with Crippen molar-refractivity contribution in [1.82, 2.24) is 5.32 Å². The van der Waals surface area contributed by atoms with Crippen LogP contribution in [-0.2, 0) is 4.74 Å². The predicted molar refractivity (Wildman–Crippen MR) is 61.8 cm³/mol. The lowest BCUT2D eigenvalue weighted by molar-refractivity contribution is -0.103. The molecule has 1 saturated carbocycles. The molecular weight excluding hydrogens is 258 g/mol. The monoisotopic (exact) mass is 273 g/mol. The Hall–Kier alpha value is -0.320. The van der Waals surface area contributed by atoms with E-state index in [0.29, 0.717) is 0 Å². The van der Waals surface area contributed by atoms with Crippen LogP contribution in [0.25, 0.3) is 0 Å². The van der Waals surface area contributed by atoms with Crippen LogP contribution in [0.4, 0.5) is 0 Å². The average Bonchev–Trinajstić information content (AvgIpc) is 2.58. The van der Waals surface area contributed by atoms with Crippen molar-refractivity contribution in [2.45, 2.75) is 30.9 Å². The first-order valence-corrected chi connectivity index (χ1v) is 5.98. The summed E-state index contributed by atoms with van der Waals surface area (Å²) in [5, 5.41) is 3.29. The summed E-state index contributed by atoms with van der Waals surface area (Å²) in [5.41, 5.74) is -0.0882. The van der Waals surface area contributed by atoms with Crippen LogP contribution < -0.4 is 5.32 Å². The molecule has 0 aliphatic heterocycles. The number of methoxy groups -OCH3 is 1. The fraction of sp³-hybridized carbons (Fsp3) is 0.636. The lowest BCUT2D eigenvalue weighted by Crippen LogP contribution is -2.49. The first kappa shape index (κ1) is 11.2. The molecule has 0 radical (unpaired) electrons. The van der Waals surface area contributed by atoms with Gasteiger partial charge in [0, 0.05) is 7.11 Å². The molecule has 0 amide bonds. The van der Waals surface area contributed by atoms with Gasteiger partial charge < -0.3 is 14.5 Å². The molecule has 0 saturated heterocycles. The minimum atomic E-state index is -0.0882. The highest BCUT2D eigenvalue weighted by Gasteiger charge is 2.46. The first-order valence-electron chi connectivity index (χ1n) is 5.19. The van der Waals surface area contributed by atoms with Crippen LogP contribution in [0.5, 0.6) is 0 Å². The third-order valence-electron chi connectivity index (χ3n) is 3.33. The second-order valence-electron chi connectivity index (χ2n) is 3.98. The topological polar surface area (TPSA) is 34.4 Å². The summed E-state index contributed by atoms with van der Waals surface area (Å²) in [6.45, 7) is 0. The molecule has 1 atom stereocenters. The molecule has 0 aromatic carbocycles.